The molecule has 17 heteroatoms. The van der Waals surface area contributed by atoms with Gasteiger partial charge in [0.05, 0.1) is 46.9 Å². The summed E-state index contributed by atoms with van der Waals surface area (Å²) >= 11 is 0. The summed E-state index contributed by atoms with van der Waals surface area (Å²) in [4.78, 5) is 23.6. The van der Waals surface area contributed by atoms with E-state index < -0.39 is 27.9 Å². The molecular formula is C35H44N2O14S. The summed E-state index contributed by atoms with van der Waals surface area (Å²) in [7, 11) is -0.809. The molecule has 16 nitrogen and oxygen atoms in total. The molecule has 2 aromatic heterocycles. The zero-order chi connectivity index (χ0) is 38.8. The lowest BCUT2D eigenvalue weighted by Crippen LogP contribution is -2.19. The van der Waals surface area contributed by atoms with Gasteiger partial charge in [0.25, 0.3) is 21.9 Å². The normalized spacial score (nSPS) is 11.4. The quantitative estimate of drug-likeness (QED) is 0.100. The molecule has 0 aromatic carbocycles. The second-order valence-electron chi connectivity index (χ2n) is 10.8. The van der Waals surface area contributed by atoms with Crippen molar-refractivity contribution in [1.82, 2.24) is 10.3 Å². The third kappa shape index (κ3) is 19.4. The number of methoxy groups -OCH3 is 2. The molecule has 2 rings (SSSR count). The highest BCUT2D eigenvalue weighted by atomic mass is 32.2. The number of rotatable bonds is 18. The Kier molecular flexibility index (Phi) is 22.4. The fourth-order valence-electron chi connectivity index (χ4n) is 3.76. The number of ether oxygens (including phenoxy) is 6. The van der Waals surface area contributed by atoms with Gasteiger partial charge in [-0.2, -0.15) is 8.42 Å². The molecule has 284 valence electrons. The molecular weight excluding hydrogens is 704 g/mol. The molecule has 0 amide bonds. The van der Waals surface area contributed by atoms with Gasteiger partial charge in [-0.3, -0.25) is 13.8 Å². The minimum absolute atomic E-state index is 0.00127. The predicted octanol–water partition coefficient (Wildman–Crippen LogP) is 1.95. The van der Waals surface area contributed by atoms with Crippen LogP contribution in [-0.2, 0) is 42.8 Å². The van der Waals surface area contributed by atoms with E-state index in [0.717, 1.165) is 6.26 Å². The van der Waals surface area contributed by atoms with Crippen LogP contribution in [0.5, 0.6) is 11.8 Å². The van der Waals surface area contributed by atoms with Crippen LogP contribution in [-0.4, -0.2) is 109 Å². The van der Waals surface area contributed by atoms with Crippen LogP contribution in [0.4, 0.5) is 0 Å². The monoisotopic (exact) mass is 748 g/mol. The van der Waals surface area contributed by atoms with Crippen molar-refractivity contribution in [3.63, 3.8) is 0 Å². The van der Waals surface area contributed by atoms with Gasteiger partial charge in [0.2, 0.25) is 0 Å². The molecule has 1 N–H and O–H groups in total. The summed E-state index contributed by atoms with van der Waals surface area (Å²) < 4.78 is 66.4. The van der Waals surface area contributed by atoms with E-state index >= 15 is 0 Å². The van der Waals surface area contributed by atoms with Crippen LogP contribution in [0.3, 0.4) is 0 Å². The Morgan fingerprint density at radius 3 is 1.48 bits per heavy atom. The van der Waals surface area contributed by atoms with Crippen molar-refractivity contribution in [3.05, 3.63) is 23.7 Å². The molecule has 2 atom stereocenters. The summed E-state index contributed by atoms with van der Waals surface area (Å²) in [5.41, 5.74) is 0. The van der Waals surface area contributed by atoms with E-state index in [1.165, 1.54) is 20.3 Å². The van der Waals surface area contributed by atoms with Gasteiger partial charge in [-0.05, 0) is 57.7 Å². The summed E-state index contributed by atoms with van der Waals surface area (Å²) in [5, 5.41) is 16.0. The maximum absolute atomic E-state index is 11.8. The number of aliphatic hydroxyl groups excluding tert-OH is 1. The van der Waals surface area contributed by atoms with Crippen molar-refractivity contribution in [1.29, 1.82) is 0 Å². The third-order valence-electron chi connectivity index (χ3n) is 6.04. The fraction of sp³-hybridized carbons (Fsp3) is 0.543. The van der Waals surface area contributed by atoms with Crippen LogP contribution in [0.2, 0.25) is 0 Å². The number of hydrogen-bond acceptors (Lipinski definition) is 16. The molecule has 0 aliphatic rings. The standard InChI is InChI=1S/C18H23NO8S.C17H21NO6/c1-14(2)17(18(20)23-3)15-13-16(19-27-15)25-10-8-6-5-7-9-24-11-12-26-28(4,21)22;1-13(2)16(17(20)21-3)14-12-15(18-24-14)23-10-7-5-4-6-9-22-11-8-19/h13-14,17H,9-12H2,1-4H3;12-13,16,19H,8-11H2,1-3H3. The van der Waals surface area contributed by atoms with Gasteiger partial charge >= 0.3 is 11.9 Å². The van der Waals surface area contributed by atoms with E-state index in [1.807, 2.05) is 27.7 Å². The summed E-state index contributed by atoms with van der Waals surface area (Å²) in [6.07, 6.45) is 0.964. The van der Waals surface area contributed by atoms with Crippen molar-refractivity contribution in [2.24, 2.45) is 11.8 Å². The summed E-state index contributed by atoms with van der Waals surface area (Å²) in [6.45, 7) is 8.22. The molecule has 2 heterocycles. The van der Waals surface area contributed by atoms with Crippen molar-refractivity contribution in [2.75, 3.05) is 73.3 Å². The minimum atomic E-state index is -3.46. The molecule has 0 saturated heterocycles. The molecule has 0 aliphatic heterocycles. The van der Waals surface area contributed by atoms with Crippen LogP contribution >= 0.6 is 0 Å². The van der Waals surface area contributed by atoms with E-state index in [4.69, 9.17) is 42.6 Å². The lowest BCUT2D eigenvalue weighted by Gasteiger charge is -2.14. The summed E-state index contributed by atoms with van der Waals surface area (Å²) in [6, 6.07) is 3.08. The van der Waals surface area contributed by atoms with Crippen molar-refractivity contribution >= 4 is 22.1 Å². The minimum Gasteiger partial charge on any atom is -0.468 e. The van der Waals surface area contributed by atoms with Crippen LogP contribution in [0.1, 0.15) is 51.1 Å². The maximum atomic E-state index is 11.8. The topological polar surface area (TPSA) is 205 Å². The zero-order valence-electron chi connectivity index (χ0n) is 30.2. The second kappa shape index (κ2) is 25.9. The first-order valence-electron chi connectivity index (χ1n) is 15.7. The highest BCUT2D eigenvalue weighted by Crippen LogP contribution is 2.29. The molecule has 0 radical (unpaired) electrons. The first-order chi connectivity index (χ1) is 24.8. The van der Waals surface area contributed by atoms with Crippen molar-refractivity contribution in [2.45, 2.75) is 39.5 Å². The molecule has 2 unspecified atom stereocenters. The SMILES string of the molecule is COC(=O)C(c1cc(OCC#CC#CCOCCO)no1)C(C)C.COC(=O)C(c1cc(OCC#CC#CCOCCOS(C)(=O)=O)no1)C(C)C. The Hall–Kier alpha value is -5.01. The lowest BCUT2D eigenvalue weighted by atomic mass is 9.93. The number of aliphatic hydroxyl groups is 1. The van der Waals surface area contributed by atoms with E-state index in [-0.39, 0.29) is 82.4 Å². The first kappa shape index (κ1) is 45.0. The average molecular weight is 749 g/mol. The number of aromatic nitrogens is 2. The van der Waals surface area contributed by atoms with Gasteiger partial charge in [0.1, 0.15) is 25.0 Å². The Labute approximate surface area is 304 Å². The maximum Gasteiger partial charge on any atom is 0.316 e. The Morgan fingerprint density at radius 2 is 1.12 bits per heavy atom. The van der Waals surface area contributed by atoms with Gasteiger partial charge in [0.15, 0.2) is 24.7 Å². The predicted molar refractivity (Wildman–Crippen MR) is 184 cm³/mol. The van der Waals surface area contributed by atoms with Crippen molar-refractivity contribution < 1.29 is 64.8 Å². The molecule has 0 aliphatic carbocycles. The second-order valence-corrected chi connectivity index (χ2v) is 12.4. The summed E-state index contributed by atoms with van der Waals surface area (Å²) in [5.74, 6) is 20.3. The molecule has 0 saturated carbocycles. The van der Waals surface area contributed by atoms with Crippen LogP contribution < -0.4 is 9.47 Å². The Bertz CT molecular complexity index is 1730. The number of hydrogen-bond donors (Lipinski definition) is 1. The van der Waals surface area contributed by atoms with Gasteiger partial charge in [-0.25, -0.2) is 0 Å². The molecule has 0 bridgehead atoms. The number of esters is 2. The average Bonchev–Trinajstić information content (AvgIpc) is 3.75. The highest BCUT2D eigenvalue weighted by molar-refractivity contribution is 7.85. The fourth-order valence-corrected chi connectivity index (χ4v) is 4.13. The van der Waals surface area contributed by atoms with E-state index in [0.29, 0.717) is 11.5 Å². The van der Waals surface area contributed by atoms with Crippen LogP contribution in [0.25, 0.3) is 0 Å². The zero-order valence-corrected chi connectivity index (χ0v) is 31.0. The van der Waals surface area contributed by atoms with Crippen LogP contribution in [0.15, 0.2) is 21.2 Å². The number of carbonyl (C=O) groups excluding carboxylic acids is 2. The highest BCUT2D eigenvalue weighted by Gasteiger charge is 2.30. The van der Waals surface area contributed by atoms with Gasteiger partial charge in [0, 0.05) is 12.1 Å². The van der Waals surface area contributed by atoms with E-state index in [9.17, 15) is 18.0 Å². The molecule has 2 aromatic rings. The Balaban J connectivity index is 0.000000526. The van der Waals surface area contributed by atoms with Crippen LogP contribution in [0, 0.1) is 59.2 Å². The van der Waals surface area contributed by atoms with Gasteiger partial charge in [-0.1, -0.05) is 39.5 Å². The Morgan fingerprint density at radius 1 is 0.712 bits per heavy atom. The molecule has 52 heavy (non-hydrogen) atoms. The van der Waals surface area contributed by atoms with Crippen molar-refractivity contribution in [3.8, 4) is 59.1 Å². The molecule has 0 fully saturated rings. The first-order valence-corrected chi connectivity index (χ1v) is 17.5. The smallest absolute Gasteiger partial charge is 0.316 e. The number of nitrogens with zero attached hydrogens (tertiary/aromatic N) is 2. The third-order valence-corrected chi connectivity index (χ3v) is 6.64. The molecule has 0 spiro atoms. The van der Waals surface area contributed by atoms with E-state index in [2.05, 4.69) is 61.9 Å². The number of carbonyl (C=O) groups is 2. The van der Waals surface area contributed by atoms with E-state index in [1.54, 1.807) is 6.07 Å². The van der Waals surface area contributed by atoms with Gasteiger partial charge < -0.3 is 42.6 Å². The lowest BCUT2D eigenvalue weighted by molar-refractivity contribution is -0.145. The van der Waals surface area contributed by atoms with Gasteiger partial charge in [-0.15, -0.1) is 0 Å². The largest absolute Gasteiger partial charge is 0.468 e.